The summed E-state index contributed by atoms with van der Waals surface area (Å²) in [5.74, 6) is 0.549. The fourth-order valence-electron chi connectivity index (χ4n) is 1.52. The van der Waals surface area contributed by atoms with Crippen LogP contribution in [0.15, 0.2) is 24.4 Å². The molecular formula is C11H12N2O2. The van der Waals surface area contributed by atoms with Gasteiger partial charge in [0.25, 0.3) is 0 Å². The Labute approximate surface area is 87.2 Å². The highest BCUT2D eigenvalue weighted by atomic mass is 16.6. The van der Waals surface area contributed by atoms with Gasteiger partial charge in [0, 0.05) is 18.6 Å². The van der Waals surface area contributed by atoms with Crippen molar-refractivity contribution in [2.24, 2.45) is 0 Å². The van der Waals surface area contributed by atoms with E-state index in [0.717, 1.165) is 16.5 Å². The number of aromatic amines is 1. The molecule has 15 heavy (non-hydrogen) atoms. The standard InChI is InChI=1S/C11H12N2O2/c1-7-4-3-5-8-9(6-13-10(7)8)15-11(14)12-2/h3-6,13H,1-2H3,(H,12,14). The molecule has 2 rings (SSSR count). The van der Waals surface area contributed by atoms with E-state index in [1.165, 1.54) is 7.05 Å². The Bertz CT molecular complexity index is 502. The summed E-state index contributed by atoms with van der Waals surface area (Å²) in [7, 11) is 1.53. The van der Waals surface area contributed by atoms with Crippen LogP contribution in [0, 0.1) is 6.92 Å². The van der Waals surface area contributed by atoms with Crippen LogP contribution < -0.4 is 10.1 Å². The summed E-state index contributed by atoms with van der Waals surface area (Å²) in [6.45, 7) is 2.00. The first kappa shape index (κ1) is 9.58. The second-order valence-corrected chi connectivity index (χ2v) is 3.29. The molecule has 0 aliphatic carbocycles. The second-order valence-electron chi connectivity index (χ2n) is 3.29. The third kappa shape index (κ3) is 1.66. The molecule has 2 aromatic rings. The van der Waals surface area contributed by atoms with Crippen LogP contribution >= 0.6 is 0 Å². The Morgan fingerprint density at radius 2 is 2.27 bits per heavy atom. The fourth-order valence-corrected chi connectivity index (χ4v) is 1.52. The molecule has 0 atom stereocenters. The van der Waals surface area contributed by atoms with E-state index < -0.39 is 6.09 Å². The van der Waals surface area contributed by atoms with Gasteiger partial charge in [-0.15, -0.1) is 0 Å². The third-order valence-corrected chi connectivity index (χ3v) is 2.29. The quantitative estimate of drug-likeness (QED) is 0.748. The zero-order valence-corrected chi connectivity index (χ0v) is 8.63. The van der Waals surface area contributed by atoms with Crippen molar-refractivity contribution in [1.82, 2.24) is 10.3 Å². The van der Waals surface area contributed by atoms with Gasteiger partial charge in [-0.1, -0.05) is 12.1 Å². The first-order chi connectivity index (χ1) is 7.22. The maximum Gasteiger partial charge on any atom is 0.412 e. The van der Waals surface area contributed by atoms with Gasteiger partial charge in [-0.25, -0.2) is 4.79 Å². The predicted octanol–water partition coefficient (Wildman–Crippen LogP) is 2.19. The molecule has 2 N–H and O–H groups in total. The van der Waals surface area contributed by atoms with E-state index in [0.29, 0.717) is 5.75 Å². The maximum absolute atomic E-state index is 11.1. The number of aromatic nitrogens is 1. The van der Waals surface area contributed by atoms with Gasteiger partial charge in [-0.05, 0) is 18.6 Å². The van der Waals surface area contributed by atoms with E-state index in [9.17, 15) is 4.79 Å². The van der Waals surface area contributed by atoms with Crippen molar-refractivity contribution in [3.05, 3.63) is 30.0 Å². The molecule has 1 aromatic heterocycles. The Kier molecular flexibility index (Phi) is 2.33. The van der Waals surface area contributed by atoms with E-state index in [1.54, 1.807) is 6.20 Å². The summed E-state index contributed by atoms with van der Waals surface area (Å²) < 4.78 is 5.09. The summed E-state index contributed by atoms with van der Waals surface area (Å²) >= 11 is 0. The molecule has 0 aliphatic rings. The lowest BCUT2D eigenvalue weighted by atomic mass is 10.2. The van der Waals surface area contributed by atoms with E-state index in [1.807, 2.05) is 25.1 Å². The minimum atomic E-state index is -0.461. The molecule has 0 fully saturated rings. The second kappa shape index (κ2) is 3.65. The number of para-hydroxylation sites is 1. The van der Waals surface area contributed by atoms with Gasteiger partial charge in [-0.2, -0.15) is 0 Å². The van der Waals surface area contributed by atoms with Gasteiger partial charge in [0.15, 0.2) is 5.75 Å². The highest BCUT2D eigenvalue weighted by Crippen LogP contribution is 2.27. The Hall–Kier alpha value is -1.97. The smallest absolute Gasteiger partial charge is 0.408 e. The number of carbonyl (C=O) groups excluding carboxylic acids is 1. The van der Waals surface area contributed by atoms with Gasteiger partial charge >= 0.3 is 6.09 Å². The lowest BCUT2D eigenvalue weighted by Gasteiger charge is -2.01. The summed E-state index contributed by atoms with van der Waals surface area (Å²) in [6, 6.07) is 5.85. The number of amides is 1. The SMILES string of the molecule is CNC(=O)Oc1c[nH]c2c(C)cccc12. The lowest BCUT2D eigenvalue weighted by molar-refractivity contribution is 0.203. The number of rotatable bonds is 1. The minimum Gasteiger partial charge on any atom is -0.408 e. The third-order valence-electron chi connectivity index (χ3n) is 2.29. The number of fused-ring (bicyclic) bond motifs is 1. The highest BCUT2D eigenvalue weighted by Gasteiger charge is 2.08. The average molecular weight is 204 g/mol. The fraction of sp³-hybridized carbons (Fsp3) is 0.182. The predicted molar refractivity (Wildman–Crippen MR) is 58.1 cm³/mol. The van der Waals surface area contributed by atoms with Gasteiger partial charge < -0.3 is 15.0 Å². The number of benzene rings is 1. The van der Waals surface area contributed by atoms with Crippen molar-refractivity contribution in [2.75, 3.05) is 7.05 Å². The molecule has 0 saturated heterocycles. The van der Waals surface area contributed by atoms with Gasteiger partial charge in [-0.3, -0.25) is 0 Å². The zero-order valence-electron chi connectivity index (χ0n) is 8.63. The Morgan fingerprint density at radius 1 is 1.47 bits per heavy atom. The first-order valence-corrected chi connectivity index (χ1v) is 4.68. The van der Waals surface area contributed by atoms with Crippen LogP contribution in [0.4, 0.5) is 4.79 Å². The molecule has 0 spiro atoms. The lowest BCUT2D eigenvalue weighted by Crippen LogP contribution is -2.21. The molecule has 1 heterocycles. The van der Waals surface area contributed by atoms with E-state index >= 15 is 0 Å². The Morgan fingerprint density at radius 3 is 3.00 bits per heavy atom. The molecule has 0 bridgehead atoms. The van der Waals surface area contributed by atoms with Gasteiger partial charge in [0.05, 0.1) is 5.52 Å². The molecule has 0 unspecified atom stereocenters. The van der Waals surface area contributed by atoms with E-state index in [2.05, 4.69) is 10.3 Å². The first-order valence-electron chi connectivity index (χ1n) is 4.68. The number of ether oxygens (including phenoxy) is 1. The van der Waals surface area contributed by atoms with E-state index in [-0.39, 0.29) is 0 Å². The normalized spacial score (nSPS) is 10.3. The summed E-state index contributed by atoms with van der Waals surface area (Å²) in [6.07, 6.45) is 1.23. The van der Waals surface area contributed by atoms with Crippen LogP contribution in [0.5, 0.6) is 5.75 Å². The molecule has 0 aliphatic heterocycles. The number of hydrogen-bond donors (Lipinski definition) is 2. The molecule has 78 valence electrons. The maximum atomic E-state index is 11.1. The highest BCUT2D eigenvalue weighted by molar-refractivity contribution is 5.90. The van der Waals surface area contributed by atoms with Crippen LogP contribution in [0.3, 0.4) is 0 Å². The molecular weight excluding hydrogens is 192 g/mol. The van der Waals surface area contributed by atoms with Crippen LogP contribution in [-0.2, 0) is 0 Å². The van der Waals surface area contributed by atoms with Crippen LogP contribution in [0.2, 0.25) is 0 Å². The average Bonchev–Trinajstić information content (AvgIpc) is 2.63. The monoisotopic (exact) mass is 204 g/mol. The topological polar surface area (TPSA) is 54.1 Å². The molecule has 1 amide bonds. The van der Waals surface area contributed by atoms with E-state index in [4.69, 9.17) is 4.74 Å². The largest absolute Gasteiger partial charge is 0.412 e. The van der Waals surface area contributed by atoms with Crippen molar-refractivity contribution in [3.8, 4) is 5.75 Å². The van der Waals surface area contributed by atoms with Crippen molar-refractivity contribution in [3.63, 3.8) is 0 Å². The van der Waals surface area contributed by atoms with Crippen molar-refractivity contribution in [1.29, 1.82) is 0 Å². The summed E-state index contributed by atoms with van der Waals surface area (Å²) in [4.78, 5) is 14.1. The van der Waals surface area contributed by atoms with Crippen molar-refractivity contribution >= 4 is 17.0 Å². The van der Waals surface area contributed by atoms with Gasteiger partial charge in [0.2, 0.25) is 0 Å². The van der Waals surface area contributed by atoms with Crippen LogP contribution in [0.1, 0.15) is 5.56 Å². The van der Waals surface area contributed by atoms with Gasteiger partial charge in [0.1, 0.15) is 0 Å². The van der Waals surface area contributed by atoms with Crippen molar-refractivity contribution < 1.29 is 9.53 Å². The number of carbonyl (C=O) groups is 1. The Balaban J connectivity index is 2.45. The number of aryl methyl sites for hydroxylation is 1. The number of H-pyrrole nitrogens is 1. The van der Waals surface area contributed by atoms with Crippen LogP contribution in [0.25, 0.3) is 10.9 Å². The number of nitrogens with one attached hydrogen (secondary N) is 2. The summed E-state index contributed by atoms with van der Waals surface area (Å²) in [5, 5.41) is 3.32. The molecule has 0 radical (unpaired) electrons. The molecule has 4 heteroatoms. The minimum absolute atomic E-state index is 0.461. The summed E-state index contributed by atoms with van der Waals surface area (Å²) in [5.41, 5.74) is 2.12. The zero-order chi connectivity index (χ0) is 10.8. The van der Waals surface area contributed by atoms with Crippen LogP contribution in [-0.4, -0.2) is 18.1 Å². The number of hydrogen-bond acceptors (Lipinski definition) is 2. The molecule has 1 aromatic carbocycles. The van der Waals surface area contributed by atoms with Crippen molar-refractivity contribution in [2.45, 2.75) is 6.92 Å². The molecule has 4 nitrogen and oxygen atoms in total. The molecule has 0 saturated carbocycles.